The van der Waals surface area contributed by atoms with Gasteiger partial charge in [-0.25, -0.2) is 9.78 Å². The van der Waals surface area contributed by atoms with Gasteiger partial charge in [0.25, 0.3) is 5.91 Å². The predicted molar refractivity (Wildman–Crippen MR) is 97.6 cm³/mol. The van der Waals surface area contributed by atoms with Crippen LogP contribution < -0.4 is 5.32 Å². The molecule has 0 unspecified atom stereocenters. The van der Waals surface area contributed by atoms with Crippen LogP contribution >= 0.6 is 11.3 Å². The largest absolute Gasteiger partial charge is 0.451 e. The normalized spacial score (nSPS) is 9.96. The van der Waals surface area contributed by atoms with Crippen LogP contribution in [-0.2, 0) is 9.53 Å². The lowest BCUT2D eigenvalue weighted by atomic mass is 10.2. The Morgan fingerprint density at radius 2 is 1.96 bits per heavy atom. The van der Waals surface area contributed by atoms with Crippen LogP contribution in [0, 0.1) is 11.3 Å². The average molecular weight is 363 g/mol. The maximum atomic E-state index is 12.0. The van der Waals surface area contributed by atoms with Crippen molar-refractivity contribution in [2.45, 2.75) is 0 Å². The van der Waals surface area contributed by atoms with Gasteiger partial charge >= 0.3 is 5.97 Å². The van der Waals surface area contributed by atoms with Crippen molar-refractivity contribution in [3.05, 3.63) is 71.2 Å². The molecule has 0 saturated heterocycles. The molecule has 0 bridgehead atoms. The van der Waals surface area contributed by atoms with E-state index in [1.807, 2.05) is 36.4 Å². The summed E-state index contributed by atoms with van der Waals surface area (Å²) in [5, 5.41) is 13.7. The van der Waals surface area contributed by atoms with Gasteiger partial charge in [-0.3, -0.25) is 4.79 Å². The highest BCUT2D eigenvalue weighted by Gasteiger charge is 2.15. The average Bonchev–Trinajstić information content (AvgIpc) is 3.17. The van der Waals surface area contributed by atoms with E-state index < -0.39 is 18.5 Å². The molecule has 1 aromatic heterocycles. The number of carbonyl (C=O) groups is 2. The number of nitrogens with zero attached hydrogens (tertiary/aromatic N) is 2. The summed E-state index contributed by atoms with van der Waals surface area (Å²) in [6.07, 6.45) is 0. The van der Waals surface area contributed by atoms with Crippen LogP contribution in [0.25, 0.3) is 10.6 Å². The molecule has 7 heteroatoms. The summed E-state index contributed by atoms with van der Waals surface area (Å²) in [4.78, 5) is 28.2. The van der Waals surface area contributed by atoms with E-state index in [2.05, 4.69) is 10.3 Å². The second kappa shape index (κ2) is 8.05. The molecule has 2 aromatic carbocycles. The summed E-state index contributed by atoms with van der Waals surface area (Å²) >= 11 is 1.33. The number of esters is 1. The Balaban J connectivity index is 1.56. The lowest BCUT2D eigenvalue weighted by Crippen LogP contribution is -2.21. The monoisotopic (exact) mass is 363 g/mol. The molecule has 0 fully saturated rings. The summed E-state index contributed by atoms with van der Waals surface area (Å²) in [5.41, 5.74) is 1.96. The SMILES string of the molecule is N#Cc1cccc(NC(=O)COC(=O)c2csc(-c3ccccc3)n2)c1. The van der Waals surface area contributed by atoms with Crippen LogP contribution in [0.2, 0.25) is 0 Å². The third kappa shape index (κ3) is 4.32. The Morgan fingerprint density at radius 1 is 1.15 bits per heavy atom. The Morgan fingerprint density at radius 3 is 2.73 bits per heavy atom. The molecular weight excluding hydrogens is 350 g/mol. The van der Waals surface area contributed by atoms with Gasteiger partial charge in [0.05, 0.1) is 11.6 Å². The summed E-state index contributed by atoms with van der Waals surface area (Å²) in [6, 6.07) is 17.9. The van der Waals surface area contributed by atoms with Gasteiger partial charge in [-0.15, -0.1) is 11.3 Å². The van der Waals surface area contributed by atoms with Gasteiger partial charge in [0, 0.05) is 16.6 Å². The number of benzene rings is 2. The first-order chi connectivity index (χ1) is 12.7. The highest BCUT2D eigenvalue weighted by atomic mass is 32.1. The molecule has 0 saturated carbocycles. The van der Waals surface area contributed by atoms with E-state index in [1.165, 1.54) is 17.4 Å². The minimum atomic E-state index is -0.663. The number of aromatic nitrogens is 1. The van der Waals surface area contributed by atoms with Crippen LogP contribution in [-0.4, -0.2) is 23.5 Å². The first kappa shape index (κ1) is 17.3. The van der Waals surface area contributed by atoms with Crippen molar-refractivity contribution in [1.82, 2.24) is 4.98 Å². The standard InChI is InChI=1S/C19H13N3O3S/c20-10-13-5-4-8-15(9-13)21-17(23)11-25-19(24)16-12-26-18(22-16)14-6-2-1-3-7-14/h1-9,12H,11H2,(H,21,23). The van der Waals surface area contributed by atoms with Gasteiger partial charge in [-0.1, -0.05) is 36.4 Å². The van der Waals surface area contributed by atoms with Crippen molar-refractivity contribution in [2.24, 2.45) is 0 Å². The summed E-state index contributed by atoms with van der Waals surface area (Å²) in [6.45, 7) is -0.437. The van der Waals surface area contributed by atoms with E-state index in [0.717, 1.165) is 5.56 Å². The zero-order valence-electron chi connectivity index (χ0n) is 13.5. The molecule has 128 valence electrons. The molecule has 0 radical (unpaired) electrons. The van der Waals surface area contributed by atoms with Crippen molar-refractivity contribution in [3.63, 3.8) is 0 Å². The van der Waals surface area contributed by atoms with Gasteiger partial charge in [-0.05, 0) is 18.2 Å². The molecule has 3 rings (SSSR count). The van der Waals surface area contributed by atoms with Gasteiger partial charge in [0.15, 0.2) is 12.3 Å². The molecule has 6 nitrogen and oxygen atoms in total. The van der Waals surface area contributed by atoms with Crippen molar-refractivity contribution in [3.8, 4) is 16.6 Å². The third-order valence-corrected chi connectivity index (χ3v) is 4.24. The molecule has 0 spiro atoms. The molecule has 3 aromatic rings. The second-order valence-corrected chi connectivity index (χ2v) is 6.08. The van der Waals surface area contributed by atoms with Crippen molar-refractivity contribution < 1.29 is 14.3 Å². The summed E-state index contributed by atoms with van der Waals surface area (Å²) in [7, 11) is 0. The second-order valence-electron chi connectivity index (χ2n) is 5.22. The van der Waals surface area contributed by atoms with E-state index in [-0.39, 0.29) is 5.69 Å². The molecule has 0 aliphatic rings. The number of carbonyl (C=O) groups excluding carboxylic acids is 2. The van der Waals surface area contributed by atoms with Crippen LogP contribution in [0.15, 0.2) is 60.0 Å². The van der Waals surface area contributed by atoms with Crippen molar-refractivity contribution >= 4 is 28.9 Å². The Bertz CT molecular complexity index is 977. The van der Waals surface area contributed by atoms with Crippen molar-refractivity contribution in [1.29, 1.82) is 5.26 Å². The molecule has 1 N–H and O–H groups in total. The van der Waals surface area contributed by atoms with E-state index >= 15 is 0 Å². The highest BCUT2D eigenvalue weighted by molar-refractivity contribution is 7.13. The van der Waals surface area contributed by atoms with E-state index in [0.29, 0.717) is 16.3 Å². The first-order valence-electron chi connectivity index (χ1n) is 7.64. The van der Waals surface area contributed by atoms with E-state index in [4.69, 9.17) is 10.00 Å². The zero-order valence-corrected chi connectivity index (χ0v) is 14.3. The maximum absolute atomic E-state index is 12.0. The molecule has 26 heavy (non-hydrogen) atoms. The molecule has 0 aliphatic carbocycles. The number of thiazole rings is 1. The lowest BCUT2D eigenvalue weighted by molar-refractivity contribution is -0.119. The number of anilines is 1. The fourth-order valence-electron chi connectivity index (χ4n) is 2.15. The van der Waals surface area contributed by atoms with Crippen LogP contribution in [0.5, 0.6) is 0 Å². The molecule has 0 aliphatic heterocycles. The third-order valence-electron chi connectivity index (χ3n) is 3.34. The first-order valence-corrected chi connectivity index (χ1v) is 8.52. The van der Waals surface area contributed by atoms with Crippen molar-refractivity contribution in [2.75, 3.05) is 11.9 Å². The Hall–Kier alpha value is -3.50. The van der Waals surface area contributed by atoms with E-state index in [9.17, 15) is 9.59 Å². The van der Waals surface area contributed by atoms with Gasteiger partial charge in [0.2, 0.25) is 0 Å². The minimum Gasteiger partial charge on any atom is -0.451 e. The van der Waals surface area contributed by atoms with Crippen LogP contribution in [0.1, 0.15) is 16.1 Å². The number of nitriles is 1. The summed E-state index contributed by atoms with van der Waals surface area (Å²) < 4.78 is 5.00. The zero-order chi connectivity index (χ0) is 18.4. The molecule has 1 heterocycles. The topological polar surface area (TPSA) is 92.1 Å². The fourth-order valence-corrected chi connectivity index (χ4v) is 2.94. The Labute approximate surface area is 153 Å². The molecule has 0 atom stereocenters. The number of ether oxygens (including phenoxy) is 1. The molecule has 1 amide bonds. The predicted octanol–water partition coefficient (Wildman–Crippen LogP) is 3.48. The van der Waals surface area contributed by atoms with Gasteiger partial charge < -0.3 is 10.1 Å². The highest BCUT2D eigenvalue weighted by Crippen LogP contribution is 2.23. The number of rotatable bonds is 5. The quantitative estimate of drug-likeness (QED) is 0.701. The molecular formula is C19H13N3O3S. The fraction of sp³-hybridized carbons (Fsp3) is 0.0526. The lowest BCUT2D eigenvalue weighted by Gasteiger charge is -2.06. The van der Waals surface area contributed by atoms with E-state index in [1.54, 1.807) is 23.6 Å². The number of nitrogens with one attached hydrogen (secondary N) is 1. The van der Waals surface area contributed by atoms with Crippen LogP contribution in [0.4, 0.5) is 5.69 Å². The smallest absolute Gasteiger partial charge is 0.358 e. The summed E-state index contributed by atoms with van der Waals surface area (Å²) in [5.74, 6) is -1.16. The Kier molecular flexibility index (Phi) is 5.37. The van der Waals surface area contributed by atoms with Gasteiger partial charge in [-0.2, -0.15) is 5.26 Å². The minimum absolute atomic E-state index is 0.160. The number of amides is 1. The van der Waals surface area contributed by atoms with Crippen LogP contribution in [0.3, 0.4) is 0 Å². The number of hydrogen-bond donors (Lipinski definition) is 1. The maximum Gasteiger partial charge on any atom is 0.358 e. The number of hydrogen-bond acceptors (Lipinski definition) is 6. The van der Waals surface area contributed by atoms with Gasteiger partial charge in [0.1, 0.15) is 5.01 Å².